The average molecular weight is 286 g/mol. The Hall–Kier alpha value is -1.05. The lowest BCUT2D eigenvalue weighted by molar-refractivity contribution is -0.123. The molecule has 0 fully saturated rings. The number of hydrogen-bond donors (Lipinski definition) is 3. The van der Waals surface area contributed by atoms with Crippen molar-refractivity contribution in [3.63, 3.8) is 0 Å². The van der Waals surface area contributed by atoms with Crippen LogP contribution in [-0.4, -0.2) is 40.3 Å². The van der Waals surface area contributed by atoms with Gasteiger partial charge < -0.3 is 15.8 Å². The second-order valence-corrected chi connectivity index (χ2v) is 6.28. The molecule has 1 amide bonds. The maximum absolute atomic E-state index is 11.9. The first-order valence-corrected chi connectivity index (χ1v) is 7.23. The number of amides is 1. The molecule has 1 aromatic rings. The maximum atomic E-state index is 11.9. The van der Waals surface area contributed by atoms with E-state index >= 15 is 0 Å². The predicted octanol–water partition coefficient (Wildman–Crippen LogP) is 0.641. The molecule has 1 rings (SSSR count). The Bertz CT molecular complexity index is 420. The summed E-state index contributed by atoms with van der Waals surface area (Å²) in [5.41, 5.74) is 7.58. The van der Waals surface area contributed by atoms with E-state index in [-0.39, 0.29) is 10.7 Å². The summed E-state index contributed by atoms with van der Waals surface area (Å²) < 4.78 is 4.68. The second-order valence-electron chi connectivity index (χ2n) is 4.82. The van der Waals surface area contributed by atoms with Gasteiger partial charge in [-0.25, -0.2) is 0 Å². The third kappa shape index (κ3) is 4.52. The first-order valence-electron chi connectivity index (χ1n) is 6.01. The molecule has 0 radical (unpaired) electrons. The summed E-state index contributed by atoms with van der Waals surface area (Å²) in [6, 6.07) is 1.30. The van der Waals surface area contributed by atoms with Crippen LogP contribution in [0.2, 0.25) is 0 Å². The first kappa shape index (κ1) is 16.0. The highest BCUT2D eigenvalue weighted by molar-refractivity contribution is 8.00. The van der Waals surface area contributed by atoms with Gasteiger partial charge in [-0.15, -0.1) is 0 Å². The third-order valence-corrected chi connectivity index (χ3v) is 4.29. The number of ether oxygens (including phenoxy) is 1. The van der Waals surface area contributed by atoms with Gasteiger partial charge in [0.15, 0.2) is 0 Å². The molecule has 0 aliphatic carbocycles. The van der Waals surface area contributed by atoms with E-state index < -0.39 is 6.04 Å². The maximum Gasteiger partial charge on any atom is 0.238 e. The third-order valence-electron chi connectivity index (χ3n) is 2.99. The number of carbonyl (C=O) groups excluding carboxylic acids is 1. The molecule has 6 nitrogen and oxygen atoms in total. The molecule has 19 heavy (non-hydrogen) atoms. The molecule has 0 unspecified atom stereocenters. The van der Waals surface area contributed by atoms with Crippen molar-refractivity contribution in [2.75, 3.05) is 13.4 Å². The highest BCUT2D eigenvalue weighted by atomic mass is 32.2. The fourth-order valence-electron chi connectivity index (χ4n) is 1.46. The molecule has 0 bridgehead atoms. The lowest BCUT2D eigenvalue weighted by atomic mass is 10.0. The van der Waals surface area contributed by atoms with Crippen LogP contribution in [0.15, 0.2) is 6.07 Å². The van der Waals surface area contributed by atoms with E-state index in [0.717, 1.165) is 11.4 Å². The Kier molecular flexibility index (Phi) is 5.84. The summed E-state index contributed by atoms with van der Waals surface area (Å²) in [5, 5.41) is 9.71. The summed E-state index contributed by atoms with van der Waals surface area (Å²) in [4.78, 5) is 11.9. The van der Waals surface area contributed by atoms with Crippen LogP contribution in [0, 0.1) is 0 Å². The summed E-state index contributed by atoms with van der Waals surface area (Å²) >= 11 is 1.57. The van der Waals surface area contributed by atoms with Crippen molar-refractivity contribution in [3.8, 4) is 0 Å². The number of H-pyrrole nitrogens is 1. The smallest absolute Gasteiger partial charge is 0.238 e. The van der Waals surface area contributed by atoms with Crippen LogP contribution < -0.4 is 11.1 Å². The summed E-state index contributed by atoms with van der Waals surface area (Å²) in [6.07, 6.45) is 1.94. The van der Waals surface area contributed by atoms with Crippen molar-refractivity contribution in [3.05, 3.63) is 17.5 Å². The minimum Gasteiger partial charge on any atom is -0.378 e. The zero-order chi connectivity index (χ0) is 14.5. The lowest BCUT2D eigenvalue weighted by Crippen LogP contribution is -2.51. The molecule has 0 spiro atoms. The van der Waals surface area contributed by atoms with Gasteiger partial charge in [-0.3, -0.25) is 9.89 Å². The fourth-order valence-corrected chi connectivity index (χ4v) is 1.82. The van der Waals surface area contributed by atoms with E-state index in [1.54, 1.807) is 18.9 Å². The molecule has 7 heteroatoms. The second kappa shape index (κ2) is 6.93. The molecule has 4 N–H and O–H groups in total. The van der Waals surface area contributed by atoms with E-state index in [1.165, 1.54) is 0 Å². The molecule has 108 valence electrons. The van der Waals surface area contributed by atoms with E-state index in [4.69, 9.17) is 10.5 Å². The van der Waals surface area contributed by atoms with Crippen molar-refractivity contribution >= 4 is 17.7 Å². The average Bonchev–Trinajstić information content (AvgIpc) is 2.83. The van der Waals surface area contributed by atoms with Crippen LogP contribution >= 0.6 is 11.8 Å². The highest BCUT2D eigenvalue weighted by Gasteiger charge is 2.31. The van der Waals surface area contributed by atoms with Crippen molar-refractivity contribution < 1.29 is 9.53 Å². The van der Waals surface area contributed by atoms with E-state index in [1.807, 2.05) is 26.2 Å². The van der Waals surface area contributed by atoms with E-state index in [2.05, 4.69) is 15.5 Å². The largest absolute Gasteiger partial charge is 0.378 e. The van der Waals surface area contributed by atoms with Crippen LogP contribution in [-0.2, 0) is 22.7 Å². The van der Waals surface area contributed by atoms with Crippen LogP contribution in [0.3, 0.4) is 0 Å². The van der Waals surface area contributed by atoms with Crippen molar-refractivity contribution in [2.45, 2.75) is 37.8 Å². The van der Waals surface area contributed by atoms with Crippen LogP contribution in [0.25, 0.3) is 0 Å². The van der Waals surface area contributed by atoms with Crippen LogP contribution in [0.4, 0.5) is 0 Å². The number of aromatic nitrogens is 2. The monoisotopic (exact) mass is 286 g/mol. The number of carbonyl (C=O) groups is 1. The Balaban J connectivity index is 2.49. The van der Waals surface area contributed by atoms with Gasteiger partial charge in [-0.05, 0) is 26.2 Å². The van der Waals surface area contributed by atoms with Gasteiger partial charge >= 0.3 is 0 Å². The first-order chi connectivity index (χ1) is 8.90. The van der Waals surface area contributed by atoms with Crippen molar-refractivity contribution in [1.82, 2.24) is 15.5 Å². The fraction of sp³-hybridized carbons (Fsp3) is 0.667. The van der Waals surface area contributed by atoms with Gasteiger partial charge in [0.1, 0.15) is 0 Å². The molecule has 1 heterocycles. The molecule has 1 atom stereocenters. The highest BCUT2D eigenvalue weighted by Crippen LogP contribution is 2.24. The number of methoxy groups -OCH3 is 1. The Morgan fingerprint density at radius 3 is 2.95 bits per heavy atom. The molecule has 0 aliphatic rings. The number of rotatable bonds is 7. The number of hydrogen-bond acceptors (Lipinski definition) is 5. The minimum absolute atomic E-state index is 0.165. The molecule has 1 aromatic heterocycles. The van der Waals surface area contributed by atoms with Crippen LogP contribution in [0.5, 0.6) is 0 Å². The Morgan fingerprint density at radius 1 is 1.68 bits per heavy atom. The number of nitrogens with one attached hydrogen (secondary N) is 2. The normalized spacial score (nSPS) is 13.3. The van der Waals surface area contributed by atoms with Gasteiger partial charge in [0, 0.05) is 11.9 Å². The SMILES string of the molecule is COCc1cc(CNC(=O)[C@@H](N)C(C)(C)SC)[nH]n1. The summed E-state index contributed by atoms with van der Waals surface area (Å²) in [6.45, 7) is 4.74. The zero-order valence-corrected chi connectivity index (χ0v) is 12.6. The quantitative estimate of drug-likeness (QED) is 0.684. The van der Waals surface area contributed by atoms with E-state index in [9.17, 15) is 4.79 Å². The van der Waals surface area contributed by atoms with Gasteiger partial charge in [-0.2, -0.15) is 16.9 Å². The van der Waals surface area contributed by atoms with Crippen molar-refractivity contribution in [1.29, 1.82) is 0 Å². The lowest BCUT2D eigenvalue weighted by Gasteiger charge is -2.28. The van der Waals surface area contributed by atoms with Crippen LogP contribution in [0.1, 0.15) is 25.2 Å². The minimum atomic E-state index is -0.552. The number of thioether (sulfide) groups is 1. The number of nitrogens with two attached hydrogens (primary N) is 1. The molecular weight excluding hydrogens is 264 g/mol. The number of nitrogens with zero attached hydrogens (tertiary/aromatic N) is 1. The molecule has 0 saturated heterocycles. The molecular formula is C12H22N4O2S. The van der Waals surface area contributed by atoms with Crippen molar-refractivity contribution in [2.24, 2.45) is 5.73 Å². The van der Waals surface area contributed by atoms with Gasteiger partial charge in [0.2, 0.25) is 5.91 Å². The summed E-state index contributed by atoms with van der Waals surface area (Å²) in [5.74, 6) is -0.165. The molecule has 0 aromatic carbocycles. The Morgan fingerprint density at radius 2 is 2.37 bits per heavy atom. The zero-order valence-electron chi connectivity index (χ0n) is 11.8. The van der Waals surface area contributed by atoms with Gasteiger partial charge in [0.25, 0.3) is 0 Å². The topological polar surface area (TPSA) is 93.0 Å². The van der Waals surface area contributed by atoms with E-state index in [0.29, 0.717) is 13.2 Å². The standard InChI is InChI=1S/C12H22N4O2S/c1-12(2,19-4)10(13)11(17)14-6-8-5-9(7-18-3)16-15-8/h5,10H,6-7,13H2,1-4H3,(H,14,17)(H,15,16)/t10-/m1/s1. The van der Waals surface area contributed by atoms with Gasteiger partial charge in [-0.1, -0.05) is 0 Å². The predicted molar refractivity (Wildman–Crippen MR) is 76.7 cm³/mol. The molecule has 0 saturated carbocycles. The molecule has 0 aliphatic heterocycles. The summed E-state index contributed by atoms with van der Waals surface area (Å²) in [7, 11) is 1.61. The van der Waals surface area contributed by atoms with Gasteiger partial charge in [0.05, 0.1) is 30.6 Å². The number of aromatic amines is 1. The Labute approximate surface area is 117 Å².